The molecule has 1 aliphatic carbocycles. The fourth-order valence-corrected chi connectivity index (χ4v) is 1.01. The van der Waals surface area contributed by atoms with E-state index in [4.69, 9.17) is 9.47 Å². The van der Waals surface area contributed by atoms with Gasteiger partial charge in [-0.05, 0) is 19.1 Å². The Morgan fingerprint density at radius 1 is 1.46 bits per heavy atom. The van der Waals surface area contributed by atoms with Gasteiger partial charge in [-0.25, -0.2) is 0 Å². The monoisotopic (exact) mass is 178 g/mol. The van der Waals surface area contributed by atoms with Crippen LogP contribution in [0.4, 0.5) is 0 Å². The average Bonchev–Trinajstić information content (AvgIpc) is 2.33. The summed E-state index contributed by atoms with van der Waals surface area (Å²) < 4.78 is 10.5. The maximum Gasteiger partial charge on any atom is 0.127 e. The molecule has 0 saturated heterocycles. The molecule has 2 heteroatoms. The second kappa shape index (κ2) is 5.41. The smallest absolute Gasteiger partial charge is 0.127 e. The molecule has 0 saturated carbocycles. The third-order valence-corrected chi connectivity index (χ3v) is 1.53. The van der Waals surface area contributed by atoms with Crippen molar-refractivity contribution in [3.05, 3.63) is 41.9 Å². The largest absolute Gasteiger partial charge is 0.488 e. The van der Waals surface area contributed by atoms with Crippen LogP contribution in [0, 0.1) is 0 Å². The highest BCUT2D eigenvalue weighted by Crippen LogP contribution is 2.06. The lowest BCUT2D eigenvalue weighted by Gasteiger charge is -2.13. The standard InChI is InChI=1S/C11H14O2/c1-10(9-12-2)13-11-7-5-3-4-6-8-11/h3-5,7-8,10H,9H2,1-2H3. The summed E-state index contributed by atoms with van der Waals surface area (Å²) in [6.07, 6.45) is 9.46. The van der Waals surface area contributed by atoms with Gasteiger partial charge in [-0.2, -0.15) is 0 Å². The minimum atomic E-state index is 0.0702. The molecular weight excluding hydrogens is 164 g/mol. The summed E-state index contributed by atoms with van der Waals surface area (Å²) in [6, 6.07) is 0. The number of rotatable bonds is 4. The molecule has 1 atom stereocenters. The van der Waals surface area contributed by atoms with E-state index >= 15 is 0 Å². The van der Waals surface area contributed by atoms with Crippen molar-refractivity contribution >= 4 is 0 Å². The van der Waals surface area contributed by atoms with Gasteiger partial charge in [0.2, 0.25) is 0 Å². The number of hydrogen-bond donors (Lipinski definition) is 0. The molecule has 0 radical (unpaired) electrons. The summed E-state index contributed by atoms with van der Waals surface area (Å²) in [5.74, 6) is 0.814. The average molecular weight is 178 g/mol. The highest BCUT2D eigenvalue weighted by Gasteiger charge is 2.02. The Morgan fingerprint density at radius 3 is 3.08 bits per heavy atom. The van der Waals surface area contributed by atoms with Gasteiger partial charge >= 0.3 is 0 Å². The molecule has 0 bridgehead atoms. The Kier molecular flexibility index (Phi) is 4.10. The van der Waals surface area contributed by atoms with Crippen LogP contribution < -0.4 is 0 Å². The lowest BCUT2D eigenvalue weighted by atomic mass is 10.4. The van der Waals surface area contributed by atoms with E-state index in [9.17, 15) is 0 Å². The normalized spacial score (nSPS) is 16.6. The van der Waals surface area contributed by atoms with E-state index in [0.717, 1.165) is 5.76 Å². The van der Waals surface area contributed by atoms with Crippen LogP contribution in [0.2, 0.25) is 0 Å². The predicted octanol–water partition coefficient (Wildman–Crippen LogP) is 2.20. The lowest BCUT2D eigenvalue weighted by molar-refractivity contribution is 0.0533. The molecule has 0 heterocycles. The van der Waals surface area contributed by atoms with Crippen LogP contribution in [0.1, 0.15) is 6.92 Å². The second-order valence-corrected chi connectivity index (χ2v) is 2.82. The first kappa shape index (κ1) is 9.85. The van der Waals surface area contributed by atoms with Gasteiger partial charge in [0.05, 0.1) is 6.61 Å². The van der Waals surface area contributed by atoms with Crippen molar-refractivity contribution in [3.63, 3.8) is 0 Å². The molecule has 13 heavy (non-hydrogen) atoms. The highest BCUT2D eigenvalue weighted by atomic mass is 16.5. The first-order chi connectivity index (χ1) is 6.33. The first-order valence-electron chi connectivity index (χ1n) is 4.28. The summed E-state index contributed by atoms with van der Waals surface area (Å²) in [5, 5.41) is 0. The fraction of sp³-hybridized carbons (Fsp3) is 0.364. The summed E-state index contributed by atoms with van der Waals surface area (Å²) >= 11 is 0. The van der Waals surface area contributed by atoms with E-state index in [2.05, 4.69) is 5.73 Å². The van der Waals surface area contributed by atoms with Gasteiger partial charge in [-0.1, -0.05) is 12.2 Å². The maximum atomic E-state index is 5.56. The SMILES string of the molecule is COCC(C)OC1=CC=CC=C=C1. The molecular formula is C11H14O2. The summed E-state index contributed by atoms with van der Waals surface area (Å²) in [6.45, 7) is 2.56. The number of ether oxygens (including phenoxy) is 2. The summed E-state index contributed by atoms with van der Waals surface area (Å²) in [7, 11) is 1.66. The van der Waals surface area contributed by atoms with Crippen molar-refractivity contribution in [1.82, 2.24) is 0 Å². The molecule has 0 aromatic rings. The first-order valence-corrected chi connectivity index (χ1v) is 4.28. The van der Waals surface area contributed by atoms with Crippen LogP contribution >= 0.6 is 0 Å². The third kappa shape index (κ3) is 3.79. The van der Waals surface area contributed by atoms with E-state index < -0.39 is 0 Å². The molecule has 0 amide bonds. The van der Waals surface area contributed by atoms with E-state index in [1.165, 1.54) is 0 Å². The van der Waals surface area contributed by atoms with Gasteiger partial charge in [0.15, 0.2) is 0 Å². The molecule has 1 aliphatic rings. The third-order valence-electron chi connectivity index (χ3n) is 1.53. The van der Waals surface area contributed by atoms with Crippen molar-refractivity contribution in [2.45, 2.75) is 13.0 Å². The molecule has 0 aliphatic heterocycles. The van der Waals surface area contributed by atoms with Gasteiger partial charge in [0, 0.05) is 13.2 Å². The van der Waals surface area contributed by atoms with Crippen LogP contribution in [0.5, 0.6) is 0 Å². The second-order valence-electron chi connectivity index (χ2n) is 2.82. The molecule has 2 nitrogen and oxygen atoms in total. The molecule has 1 unspecified atom stereocenters. The molecule has 0 N–H and O–H groups in total. The fourth-order valence-electron chi connectivity index (χ4n) is 1.01. The Bertz CT molecular complexity index is 268. The van der Waals surface area contributed by atoms with E-state index in [-0.39, 0.29) is 6.10 Å². The van der Waals surface area contributed by atoms with Gasteiger partial charge in [0.1, 0.15) is 11.9 Å². The van der Waals surface area contributed by atoms with E-state index in [1.807, 2.05) is 37.3 Å². The van der Waals surface area contributed by atoms with Crippen LogP contribution in [-0.2, 0) is 9.47 Å². The topological polar surface area (TPSA) is 18.5 Å². The van der Waals surface area contributed by atoms with Gasteiger partial charge in [0.25, 0.3) is 0 Å². The van der Waals surface area contributed by atoms with E-state index in [0.29, 0.717) is 6.61 Å². The predicted molar refractivity (Wildman–Crippen MR) is 52.3 cm³/mol. The van der Waals surface area contributed by atoms with Crippen LogP contribution in [0.25, 0.3) is 0 Å². The quantitative estimate of drug-likeness (QED) is 0.614. The zero-order valence-corrected chi connectivity index (χ0v) is 7.99. The van der Waals surface area contributed by atoms with Gasteiger partial charge < -0.3 is 9.47 Å². The highest BCUT2D eigenvalue weighted by molar-refractivity contribution is 5.24. The molecule has 1 rings (SSSR count). The van der Waals surface area contributed by atoms with Crippen LogP contribution in [0.3, 0.4) is 0 Å². The Labute approximate surface area is 78.9 Å². The van der Waals surface area contributed by atoms with Crippen molar-refractivity contribution in [3.8, 4) is 0 Å². The van der Waals surface area contributed by atoms with Crippen molar-refractivity contribution in [2.75, 3.05) is 13.7 Å². The summed E-state index contributed by atoms with van der Waals surface area (Å²) in [5.41, 5.74) is 2.97. The minimum Gasteiger partial charge on any atom is -0.488 e. The molecule has 0 aromatic carbocycles. The van der Waals surface area contributed by atoms with Crippen molar-refractivity contribution in [2.24, 2.45) is 0 Å². The molecule has 0 fully saturated rings. The van der Waals surface area contributed by atoms with E-state index in [1.54, 1.807) is 7.11 Å². The van der Waals surface area contributed by atoms with Crippen LogP contribution in [-0.4, -0.2) is 19.8 Å². The maximum absolute atomic E-state index is 5.56. The Morgan fingerprint density at radius 2 is 2.31 bits per heavy atom. The van der Waals surface area contributed by atoms with Gasteiger partial charge in [-0.3, -0.25) is 0 Å². The summed E-state index contributed by atoms with van der Waals surface area (Å²) in [4.78, 5) is 0. The van der Waals surface area contributed by atoms with Gasteiger partial charge in [-0.15, -0.1) is 5.73 Å². The Balaban J connectivity index is 2.48. The minimum absolute atomic E-state index is 0.0702. The number of allylic oxidation sites excluding steroid dienone is 4. The zero-order valence-electron chi connectivity index (χ0n) is 7.99. The Hall–Kier alpha value is -1.24. The lowest BCUT2D eigenvalue weighted by Crippen LogP contribution is -2.13. The van der Waals surface area contributed by atoms with Crippen LogP contribution in [0.15, 0.2) is 41.9 Å². The molecule has 70 valence electrons. The molecule has 0 aromatic heterocycles. The number of methoxy groups -OCH3 is 1. The number of hydrogen-bond acceptors (Lipinski definition) is 2. The molecule has 0 spiro atoms. The van der Waals surface area contributed by atoms with Crippen molar-refractivity contribution < 1.29 is 9.47 Å². The van der Waals surface area contributed by atoms with Crippen molar-refractivity contribution in [1.29, 1.82) is 0 Å². The zero-order chi connectivity index (χ0) is 9.52.